The molecule has 2 aromatic carbocycles. The number of rotatable bonds is 5. The van der Waals surface area contributed by atoms with Crippen LogP contribution in [0, 0.1) is 11.6 Å². The third kappa shape index (κ3) is 3.71. The lowest BCUT2D eigenvalue weighted by molar-refractivity contribution is 0.386. The Bertz CT molecular complexity index is 637. The molecule has 6 heteroatoms. The number of nitrogens with two attached hydrogens (primary N) is 1. The second kappa shape index (κ2) is 6.87. The van der Waals surface area contributed by atoms with E-state index in [0.29, 0.717) is 16.7 Å². The Kier molecular flexibility index (Phi) is 5.14. The highest BCUT2D eigenvalue weighted by Gasteiger charge is 2.14. The van der Waals surface area contributed by atoms with Crippen molar-refractivity contribution in [2.75, 3.05) is 19.0 Å². The maximum atomic E-state index is 13.4. The van der Waals surface area contributed by atoms with Crippen molar-refractivity contribution in [3.05, 3.63) is 58.1 Å². The minimum atomic E-state index is -0.435. The lowest BCUT2D eigenvalue weighted by Crippen LogP contribution is -2.21. The first-order chi connectivity index (χ1) is 10.0. The largest absolute Gasteiger partial charge is 0.494 e. The predicted octanol–water partition coefficient (Wildman–Crippen LogP) is 3.85. The van der Waals surface area contributed by atoms with Crippen molar-refractivity contribution < 1.29 is 13.5 Å². The Morgan fingerprint density at radius 1 is 1.24 bits per heavy atom. The quantitative estimate of drug-likeness (QED) is 0.855. The monoisotopic (exact) mass is 356 g/mol. The summed E-state index contributed by atoms with van der Waals surface area (Å²) in [6.45, 7) is 0.296. The summed E-state index contributed by atoms with van der Waals surface area (Å²) in [4.78, 5) is 0. The van der Waals surface area contributed by atoms with Crippen molar-refractivity contribution in [1.29, 1.82) is 0 Å². The summed E-state index contributed by atoms with van der Waals surface area (Å²) in [5.41, 5.74) is 7.27. The number of nitrogens with one attached hydrogen (secondary N) is 1. The van der Waals surface area contributed by atoms with Gasteiger partial charge in [0.2, 0.25) is 0 Å². The lowest BCUT2D eigenvalue weighted by Gasteiger charge is -2.20. The van der Waals surface area contributed by atoms with Gasteiger partial charge in [-0.05, 0) is 29.8 Å². The number of ether oxygens (including phenoxy) is 1. The zero-order chi connectivity index (χ0) is 15.4. The molecule has 2 aromatic rings. The van der Waals surface area contributed by atoms with E-state index in [4.69, 9.17) is 10.5 Å². The second-order valence-electron chi connectivity index (χ2n) is 4.45. The predicted molar refractivity (Wildman–Crippen MR) is 82.5 cm³/mol. The van der Waals surface area contributed by atoms with Gasteiger partial charge in [0.1, 0.15) is 5.82 Å². The van der Waals surface area contributed by atoms with E-state index in [9.17, 15) is 8.78 Å². The van der Waals surface area contributed by atoms with E-state index in [1.807, 2.05) is 0 Å². The Balaban J connectivity index is 2.26. The zero-order valence-corrected chi connectivity index (χ0v) is 13.0. The van der Waals surface area contributed by atoms with E-state index in [-0.39, 0.29) is 17.6 Å². The summed E-state index contributed by atoms with van der Waals surface area (Å²) in [6.07, 6.45) is 0. The van der Waals surface area contributed by atoms with Crippen molar-refractivity contribution in [2.24, 2.45) is 5.73 Å². The molecule has 2 rings (SSSR count). The topological polar surface area (TPSA) is 47.3 Å². The molecule has 0 amide bonds. The first kappa shape index (κ1) is 15.7. The molecule has 3 N–H and O–H groups in total. The Morgan fingerprint density at radius 2 is 2.00 bits per heavy atom. The fourth-order valence-corrected chi connectivity index (χ4v) is 2.63. The average Bonchev–Trinajstić information content (AvgIpc) is 2.47. The molecule has 21 heavy (non-hydrogen) atoms. The Morgan fingerprint density at radius 3 is 2.62 bits per heavy atom. The van der Waals surface area contributed by atoms with Gasteiger partial charge in [0.25, 0.3) is 0 Å². The van der Waals surface area contributed by atoms with Crippen LogP contribution in [0.1, 0.15) is 11.6 Å². The first-order valence-corrected chi connectivity index (χ1v) is 7.09. The molecule has 0 saturated carbocycles. The molecule has 0 radical (unpaired) electrons. The molecule has 0 aliphatic heterocycles. The highest BCUT2D eigenvalue weighted by atomic mass is 79.9. The van der Waals surface area contributed by atoms with E-state index >= 15 is 0 Å². The highest BCUT2D eigenvalue weighted by Crippen LogP contribution is 2.29. The third-order valence-electron chi connectivity index (χ3n) is 3.07. The van der Waals surface area contributed by atoms with Crippen molar-refractivity contribution in [3.63, 3.8) is 0 Å². The molecule has 0 saturated heterocycles. The van der Waals surface area contributed by atoms with Crippen LogP contribution in [0.2, 0.25) is 0 Å². The summed E-state index contributed by atoms with van der Waals surface area (Å²) in [5.74, 6) is -0.617. The van der Waals surface area contributed by atoms with Crippen LogP contribution in [-0.4, -0.2) is 13.7 Å². The molecule has 0 spiro atoms. The van der Waals surface area contributed by atoms with Crippen molar-refractivity contribution in [2.45, 2.75) is 6.04 Å². The molecule has 3 nitrogen and oxygen atoms in total. The van der Waals surface area contributed by atoms with E-state index in [1.54, 1.807) is 18.2 Å². The maximum Gasteiger partial charge on any atom is 0.165 e. The van der Waals surface area contributed by atoms with Crippen LogP contribution >= 0.6 is 15.9 Å². The van der Waals surface area contributed by atoms with Crippen molar-refractivity contribution >= 4 is 21.6 Å². The minimum Gasteiger partial charge on any atom is -0.494 e. The molecular weight excluding hydrogens is 342 g/mol. The molecule has 0 bridgehead atoms. The van der Waals surface area contributed by atoms with Gasteiger partial charge >= 0.3 is 0 Å². The normalized spacial score (nSPS) is 12.0. The van der Waals surface area contributed by atoms with Gasteiger partial charge in [-0.2, -0.15) is 0 Å². The third-order valence-corrected chi connectivity index (χ3v) is 3.75. The van der Waals surface area contributed by atoms with Gasteiger partial charge in [-0.25, -0.2) is 8.78 Å². The SMILES string of the molecule is COc1cc(NC(CN)c2ccc(F)cc2Br)ccc1F. The van der Waals surface area contributed by atoms with E-state index < -0.39 is 5.82 Å². The number of methoxy groups -OCH3 is 1. The van der Waals surface area contributed by atoms with Crippen molar-refractivity contribution in [1.82, 2.24) is 0 Å². The fourth-order valence-electron chi connectivity index (χ4n) is 2.00. The van der Waals surface area contributed by atoms with Gasteiger partial charge < -0.3 is 15.8 Å². The second-order valence-corrected chi connectivity index (χ2v) is 5.30. The number of hydrogen-bond acceptors (Lipinski definition) is 3. The molecule has 0 heterocycles. The average molecular weight is 357 g/mol. The van der Waals surface area contributed by atoms with Crippen LogP contribution in [0.3, 0.4) is 0 Å². The van der Waals surface area contributed by atoms with Crippen LogP contribution < -0.4 is 15.8 Å². The smallest absolute Gasteiger partial charge is 0.165 e. The van der Waals surface area contributed by atoms with Gasteiger partial charge in [-0.3, -0.25) is 0 Å². The standard InChI is InChI=1S/C15H15BrF2N2O/c1-21-15-7-10(3-5-13(15)18)20-14(8-19)11-4-2-9(17)6-12(11)16/h2-7,14,20H,8,19H2,1H3. The van der Waals surface area contributed by atoms with Crippen LogP contribution in [0.5, 0.6) is 5.75 Å². The number of benzene rings is 2. The summed E-state index contributed by atoms with van der Waals surface area (Å²) < 4.78 is 32.1. The molecular formula is C15H15BrF2N2O. The molecule has 0 aromatic heterocycles. The number of halogens is 3. The molecule has 0 aliphatic rings. The van der Waals surface area contributed by atoms with Gasteiger partial charge in [-0.15, -0.1) is 0 Å². The van der Waals surface area contributed by atoms with E-state index in [1.165, 1.54) is 25.3 Å². The van der Waals surface area contributed by atoms with Gasteiger partial charge in [0, 0.05) is 22.8 Å². The van der Waals surface area contributed by atoms with Crippen LogP contribution in [0.4, 0.5) is 14.5 Å². The van der Waals surface area contributed by atoms with E-state index in [0.717, 1.165) is 5.56 Å². The Hall–Kier alpha value is -1.66. The number of anilines is 1. The number of hydrogen-bond donors (Lipinski definition) is 2. The summed E-state index contributed by atoms with van der Waals surface area (Å²) in [5, 5.41) is 3.18. The highest BCUT2D eigenvalue weighted by molar-refractivity contribution is 9.10. The molecule has 0 aliphatic carbocycles. The van der Waals surface area contributed by atoms with Crippen molar-refractivity contribution in [3.8, 4) is 5.75 Å². The molecule has 0 fully saturated rings. The fraction of sp³-hybridized carbons (Fsp3) is 0.200. The summed E-state index contributed by atoms with van der Waals surface area (Å²) in [6, 6.07) is 8.63. The van der Waals surface area contributed by atoms with Crippen LogP contribution in [0.25, 0.3) is 0 Å². The molecule has 112 valence electrons. The van der Waals surface area contributed by atoms with Crippen LogP contribution in [-0.2, 0) is 0 Å². The zero-order valence-electron chi connectivity index (χ0n) is 11.4. The minimum absolute atomic E-state index is 0.147. The van der Waals surface area contributed by atoms with E-state index in [2.05, 4.69) is 21.2 Å². The maximum absolute atomic E-state index is 13.4. The molecule has 1 unspecified atom stereocenters. The molecule has 1 atom stereocenters. The Labute approximate surface area is 130 Å². The van der Waals surface area contributed by atoms with Gasteiger partial charge in [-0.1, -0.05) is 22.0 Å². The van der Waals surface area contributed by atoms with Gasteiger partial charge in [0.15, 0.2) is 11.6 Å². The lowest BCUT2D eigenvalue weighted by atomic mass is 10.1. The van der Waals surface area contributed by atoms with Gasteiger partial charge in [0.05, 0.1) is 13.2 Å². The van der Waals surface area contributed by atoms with Crippen LogP contribution in [0.15, 0.2) is 40.9 Å². The summed E-state index contributed by atoms with van der Waals surface area (Å²) >= 11 is 3.32. The first-order valence-electron chi connectivity index (χ1n) is 6.30. The summed E-state index contributed by atoms with van der Waals surface area (Å²) in [7, 11) is 1.40.